The maximum absolute atomic E-state index is 12.4. The highest BCUT2D eigenvalue weighted by Crippen LogP contribution is 2.43. The quantitative estimate of drug-likeness (QED) is 0.702. The van der Waals surface area contributed by atoms with Gasteiger partial charge >= 0.3 is 6.61 Å². The summed E-state index contributed by atoms with van der Waals surface area (Å²) in [6.45, 7) is 2.51. The van der Waals surface area contributed by atoms with Crippen LogP contribution in [0, 0.1) is 13.8 Å². The normalized spacial score (nSPS) is 21.9. The first-order valence-corrected chi connectivity index (χ1v) is 9.01. The fourth-order valence-corrected chi connectivity index (χ4v) is 4.00. The minimum Gasteiger partial charge on any atom is -0.507 e. The Hall–Kier alpha value is -2.74. The van der Waals surface area contributed by atoms with Gasteiger partial charge in [0.15, 0.2) is 5.65 Å². The second-order valence-electron chi connectivity index (χ2n) is 7.76. The molecule has 8 heteroatoms. The third kappa shape index (κ3) is 3.17. The molecule has 1 aliphatic carbocycles. The molecular weight excluding hydrogens is 368 g/mol. The average Bonchev–Trinajstić information content (AvgIpc) is 2.88. The molecule has 0 aliphatic heterocycles. The molecule has 4 rings (SSSR count). The Balaban J connectivity index is 1.74. The first-order chi connectivity index (χ1) is 13.1. The van der Waals surface area contributed by atoms with Crippen molar-refractivity contribution in [2.75, 3.05) is 0 Å². The maximum atomic E-state index is 12.4. The van der Waals surface area contributed by atoms with Crippen molar-refractivity contribution in [1.82, 2.24) is 14.8 Å². The van der Waals surface area contributed by atoms with Crippen molar-refractivity contribution >= 4 is 11.0 Å². The van der Waals surface area contributed by atoms with Gasteiger partial charge in [0.25, 0.3) is 0 Å². The van der Waals surface area contributed by atoms with E-state index in [0.717, 1.165) is 22.7 Å². The fraction of sp³-hybridized carbons (Fsp3) is 0.400. The number of ether oxygens (including phenoxy) is 1. The number of hydrogen-bond donors (Lipinski definition) is 2. The Morgan fingerprint density at radius 1 is 1.18 bits per heavy atom. The van der Waals surface area contributed by atoms with Gasteiger partial charge in [0.05, 0.1) is 11.3 Å². The van der Waals surface area contributed by atoms with Gasteiger partial charge in [0.1, 0.15) is 11.5 Å². The number of aliphatic hydroxyl groups is 1. The van der Waals surface area contributed by atoms with Gasteiger partial charge in [-0.1, -0.05) is 0 Å². The number of hydrogen-bond acceptors (Lipinski definition) is 5. The predicted octanol–water partition coefficient (Wildman–Crippen LogP) is 4.11. The Morgan fingerprint density at radius 2 is 1.89 bits per heavy atom. The third-order valence-corrected chi connectivity index (χ3v) is 5.29. The molecule has 0 atom stereocenters. The second kappa shape index (κ2) is 6.41. The van der Waals surface area contributed by atoms with Crippen LogP contribution in [0.5, 0.6) is 11.5 Å². The summed E-state index contributed by atoms with van der Waals surface area (Å²) in [5, 5.41) is 29.9. The van der Waals surface area contributed by atoms with E-state index in [-0.39, 0.29) is 17.5 Å². The van der Waals surface area contributed by atoms with Crippen molar-refractivity contribution in [1.29, 1.82) is 0 Å². The van der Waals surface area contributed by atoms with Crippen molar-refractivity contribution in [2.45, 2.75) is 51.9 Å². The predicted molar refractivity (Wildman–Crippen MR) is 99.6 cm³/mol. The lowest BCUT2D eigenvalue weighted by Crippen LogP contribution is -2.41. The zero-order valence-corrected chi connectivity index (χ0v) is 15.8. The highest BCUT2D eigenvalue weighted by Gasteiger charge is 2.40. The lowest BCUT2D eigenvalue weighted by molar-refractivity contribution is -0.0505. The molecule has 1 fully saturated rings. The van der Waals surface area contributed by atoms with Crippen LogP contribution < -0.4 is 4.74 Å². The Bertz CT molecular complexity index is 1030. The summed E-state index contributed by atoms with van der Waals surface area (Å²) in [7, 11) is 0. The van der Waals surface area contributed by atoms with E-state index in [2.05, 4.69) is 14.9 Å². The lowest BCUT2D eigenvalue weighted by Gasteiger charge is -2.41. The number of aromatic hydroxyl groups is 1. The minimum atomic E-state index is -2.96. The molecule has 0 radical (unpaired) electrons. The lowest BCUT2D eigenvalue weighted by atomic mass is 9.77. The Morgan fingerprint density at radius 3 is 2.50 bits per heavy atom. The molecule has 2 N–H and O–H groups in total. The van der Waals surface area contributed by atoms with E-state index >= 15 is 0 Å². The van der Waals surface area contributed by atoms with Gasteiger partial charge in [-0.3, -0.25) is 0 Å². The number of benzene rings is 1. The fourth-order valence-electron chi connectivity index (χ4n) is 4.00. The van der Waals surface area contributed by atoms with Crippen LogP contribution >= 0.6 is 0 Å². The van der Waals surface area contributed by atoms with Gasteiger partial charge in [-0.25, -0.2) is 0 Å². The van der Waals surface area contributed by atoms with Crippen molar-refractivity contribution < 1.29 is 23.7 Å². The molecular formula is C20H21F2N3O3. The van der Waals surface area contributed by atoms with E-state index in [0.29, 0.717) is 29.7 Å². The van der Waals surface area contributed by atoms with Gasteiger partial charge in [-0.2, -0.15) is 8.78 Å². The summed E-state index contributed by atoms with van der Waals surface area (Å²) in [6.07, 6.45) is 3.31. The Kier molecular flexibility index (Phi) is 4.26. The number of phenols is 1. The molecule has 148 valence electrons. The van der Waals surface area contributed by atoms with Crippen LogP contribution in [0.25, 0.3) is 22.3 Å². The van der Waals surface area contributed by atoms with Crippen molar-refractivity contribution in [3.63, 3.8) is 0 Å². The molecule has 28 heavy (non-hydrogen) atoms. The summed E-state index contributed by atoms with van der Waals surface area (Å²) < 4.78 is 31.3. The number of aryl methyl sites for hydroxylation is 2. The maximum Gasteiger partial charge on any atom is 0.387 e. The topological polar surface area (TPSA) is 80.4 Å². The van der Waals surface area contributed by atoms with Gasteiger partial charge in [-0.15, -0.1) is 10.2 Å². The second-order valence-corrected chi connectivity index (χ2v) is 7.76. The van der Waals surface area contributed by atoms with Gasteiger partial charge in [-0.05, 0) is 56.9 Å². The monoisotopic (exact) mass is 389 g/mol. The Labute approximate surface area is 160 Å². The molecule has 1 saturated carbocycles. The highest BCUT2D eigenvalue weighted by atomic mass is 19.3. The molecule has 0 saturated heterocycles. The van der Waals surface area contributed by atoms with Gasteiger partial charge < -0.3 is 19.5 Å². The van der Waals surface area contributed by atoms with Crippen LogP contribution in [0.4, 0.5) is 8.78 Å². The summed E-state index contributed by atoms with van der Waals surface area (Å²) in [6, 6.07) is 4.59. The van der Waals surface area contributed by atoms with Crippen LogP contribution in [0.2, 0.25) is 0 Å². The average molecular weight is 389 g/mol. The van der Waals surface area contributed by atoms with E-state index in [1.54, 1.807) is 6.92 Å². The molecule has 6 nitrogen and oxygen atoms in total. The SMILES string of the molecule is Cc1cc(OC(F)F)cc(O)c1-c1cc2c(C)cn(C3CC(C)(O)C3)c2nn1. The summed E-state index contributed by atoms with van der Waals surface area (Å²) >= 11 is 0. The number of aromatic nitrogens is 3. The molecule has 2 aromatic heterocycles. The van der Waals surface area contributed by atoms with Crippen molar-refractivity contribution in [3.8, 4) is 22.8 Å². The molecule has 1 aromatic carbocycles. The number of rotatable bonds is 4. The first-order valence-electron chi connectivity index (χ1n) is 9.01. The zero-order chi connectivity index (χ0) is 20.2. The van der Waals surface area contributed by atoms with Crippen LogP contribution in [0.3, 0.4) is 0 Å². The van der Waals surface area contributed by atoms with Crippen LogP contribution in [0.1, 0.15) is 36.9 Å². The van der Waals surface area contributed by atoms with Gasteiger partial charge in [0, 0.05) is 29.3 Å². The molecule has 0 amide bonds. The smallest absolute Gasteiger partial charge is 0.387 e. The van der Waals surface area contributed by atoms with E-state index < -0.39 is 12.2 Å². The molecule has 0 bridgehead atoms. The van der Waals surface area contributed by atoms with Crippen molar-refractivity contribution in [3.05, 3.63) is 35.5 Å². The van der Waals surface area contributed by atoms with Crippen LogP contribution in [0.15, 0.2) is 24.4 Å². The van der Waals surface area contributed by atoms with E-state index in [4.69, 9.17) is 0 Å². The number of alkyl halides is 2. The van der Waals surface area contributed by atoms with Crippen LogP contribution in [-0.2, 0) is 0 Å². The highest BCUT2D eigenvalue weighted by molar-refractivity contribution is 5.85. The number of fused-ring (bicyclic) bond motifs is 1. The minimum absolute atomic E-state index is 0.109. The first kappa shape index (κ1) is 18.6. The number of nitrogens with zero attached hydrogens (tertiary/aromatic N) is 3. The molecule has 3 aromatic rings. The van der Waals surface area contributed by atoms with E-state index in [9.17, 15) is 19.0 Å². The van der Waals surface area contributed by atoms with E-state index in [1.807, 2.05) is 30.7 Å². The number of phenolic OH excluding ortho intramolecular Hbond substituents is 1. The zero-order valence-electron chi connectivity index (χ0n) is 15.8. The summed E-state index contributed by atoms with van der Waals surface area (Å²) in [4.78, 5) is 0. The van der Waals surface area contributed by atoms with Crippen molar-refractivity contribution in [2.24, 2.45) is 0 Å². The summed E-state index contributed by atoms with van der Waals surface area (Å²) in [5.74, 6) is -0.307. The van der Waals surface area contributed by atoms with Gasteiger partial charge in [0.2, 0.25) is 0 Å². The summed E-state index contributed by atoms with van der Waals surface area (Å²) in [5.41, 5.74) is 2.51. The number of halogens is 2. The third-order valence-electron chi connectivity index (χ3n) is 5.29. The molecule has 1 aliphatic rings. The van der Waals surface area contributed by atoms with E-state index in [1.165, 1.54) is 6.07 Å². The molecule has 0 unspecified atom stereocenters. The largest absolute Gasteiger partial charge is 0.507 e. The molecule has 0 spiro atoms. The molecule has 2 heterocycles. The van der Waals surface area contributed by atoms with Crippen LogP contribution in [-0.4, -0.2) is 37.2 Å². The standard InChI is InChI=1S/C20H21F2N3O3/c1-10-4-13(28-19(21)22)5-16(26)17(10)15-6-14-11(2)9-25(18(14)24-23-15)12-7-20(3,27)8-12/h4-6,9,12,19,26-27H,7-8H2,1-3H3.